The molecule has 0 saturated carbocycles. The Balaban J connectivity index is 1.97. The van der Waals surface area contributed by atoms with Crippen LogP contribution in [0.3, 0.4) is 0 Å². The molecule has 100 valence electrons. The average Bonchev–Trinajstić information content (AvgIpc) is 2.32. The molecule has 1 aromatic rings. The number of nitrogens with zero attached hydrogens (tertiary/aromatic N) is 1. The van der Waals surface area contributed by atoms with E-state index in [9.17, 15) is 10.2 Å². The van der Waals surface area contributed by atoms with Crippen molar-refractivity contribution in [2.75, 3.05) is 19.6 Å². The smallest absolute Gasteiger partial charge is 0.0931 e. The molecule has 1 fully saturated rings. The highest BCUT2D eigenvalue weighted by molar-refractivity contribution is 6.35. The standard InChI is InChI=1S/C13H17Cl2NO2/c14-9-1-2-11(12(15)7-9)13(18)8-16-5-3-10(17)4-6-16/h1-2,7,10,13,17-18H,3-6,8H2. The van der Waals surface area contributed by atoms with Crippen molar-refractivity contribution >= 4 is 23.2 Å². The average molecular weight is 290 g/mol. The van der Waals surface area contributed by atoms with Gasteiger partial charge in [0.15, 0.2) is 0 Å². The molecule has 0 aromatic heterocycles. The fourth-order valence-electron chi connectivity index (χ4n) is 2.22. The van der Waals surface area contributed by atoms with Gasteiger partial charge in [-0.25, -0.2) is 0 Å². The molecule has 2 N–H and O–H groups in total. The summed E-state index contributed by atoms with van der Waals surface area (Å²) in [5.41, 5.74) is 0.701. The van der Waals surface area contributed by atoms with Crippen LogP contribution in [0.25, 0.3) is 0 Å². The highest BCUT2D eigenvalue weighted by atomic mass is 35.5. The fourth-order valence-corrected chi connectivity index (χ4v) is 2.75. The second-order valence-electron chi connectivity index (χ2n) is 4.71. The molecule has 0 bridgehead atoms. The number of halogens is 2. The lowest BCUT2D eigenvalue weighted by Crippen LogP contribution is -2.38. The molecule has 0 spiro atoms. The van der Waals surface area contributed by atoms with E-state index in [2.05, 4.69) is 4.90 Å². The van der Waals surface area contributed by atoms with Crippen LogP contribution in [-0.4, -0.2) is 40.9 Å². The Hall–Kier alpha value is -0.320. The van der Waals surface area contributed by atoms with Crippen molar-refractivity contribution in [2.24, 2.45) is 0 Å². The van der Waals surface area contributed by atoms with Crippen LogP contribution < -0.4 is 0 Å². The van der Waals surface area contributed by atoms with E-state index in [1.54, 1.807) is 18.2 Å². The maximum atomic E-state index is 10.2. The van der Waals surface area contributed by atoms with E-state index in [0.29, 0.717) is 22.2 Å². The second kappa shape index (κ2) is 6.22. The fraction of sp³-hybridized carbons (Fsp3) is 0.538. The van der Waals surface area contributed by atoms with Gasteiger partial charge < -0.3 is 15.1 Å². The Morgan fingerprint density at radius 3 is 2.56 bits per heavy atom. The predicted molar refractivity (Wildman–Crippen MR) is 73.1 cm³/mol. The van der Waals surface area contributed by atoms with Gasteiger partial charge in [0.2, 0.25) is 0 Å². The molecule has 0 amide bonds. The van der Waals surface area contributed by atoms with E-state index in [0.717, 1.165) is 25.9 Å². The number of benzene rings is 1. The Morgan fingerprint density at radius 2 is 1.94 bits per heavy atom. The maximum absolute atomic E-state index is 10.2. The van der Waals surface area contributed by atoms with Gasteiger partial charge in [-0.2, -0.15) is 0 Å². The molecule has 18 heavy (non-hydrogen) atoms. The van der Waals surface area contributed by atoms with E-state index in [4.69, 9.17) is 23.2 Å². The molecule has 3 nitrogen and oxygen atoms in total. The van der Waals surface area contributed by atoms with Crippen LogP contribution in [-0.2, 0) is 0 Å². The van der Waals surface area contributed by atoms with Gasteiger partial charge in [0.25, 0.3) is 0 Å². The third-order valence-electron chi connectivity index (χ3n) is 3.31. The predicted octanol–water partition coefficient (Wildman–Crippen LogP) is 2.48. The van der Waals surface area contributed by atoms with Crippen molar-refractivity contribution in [1.29, 1.82) is 0 Å². The summed E-state index contributed by atoms with van der Waals surface area (Å²) in [5.74, 6) is 0. The SMILES string of the molecule is OC1CCN(CC(O)c2ccc(Cl)cc2Cl)CC1. The van der Waals surface area contributed by atoms with Crippen LogP contribution in [0.4, 0.5) is 0 Å². The number of aliphatic hydroxyl groups excluding tert-OH is 2. The summed E-state index contributed by atoms with van der Waals surface area (Å²) in [7, 11) is 0. The summed E-state index contributed by atoms with van der Waals surface area (Å²) in [4.78, 5) is 2.14. The third kappa shape index (κ3) is 3.59. The highest BCUT2D eigenvalue weighted by Gasteiger charge is 2.21. The number of piperidine rings is 1. The van der Waals surface area contributed by atoms with Crippen LogP contribution in [0.5, 0.6) is 0 Å². The normalized spacial score (nSPS) is 20.0. The molecule has 1 heterocycles. The molecule has 1 aromatic carbocycles. The Morgan fingerprint density at radius 1 is 1.28 bits per heavy atom. The Kier molecular flexibility index (Phi) is 4.87. The molecule has 2 rings (SSSR count). The lowest BCUT2D eigenvalue weighted by Gasteiger charge is -2.31. The molecule has 0 aliphatic carbocycles. The van der Waals surface area contributed by atoms with Gasteiger partial charge in [0.05, 0.1) is 12.2 Å². The zero-order chi connectivity index (χ0) is 13.1. The number of hydrogen-bond donors (Lipinski definition) is 2. The minimum absolute atomic E-state index is 0.197. The first kappa shape index (κ1) is 14.1. The Bertz CT molecular complexity index is 406. The van der Waals surface area contributed by atoms with Crippen molar-refractivity contribution in [3.05, 3.63) is 33.8 Å². The number of rotatable bonds is 3. The number of likely N-dealkylation sites (tertiary alicyclic amines) is 1. The van der Waals surface area contributed by atoms with Crippen LogP contribution in [0, 0.1) is 0 Å². The first-order valence-corrected chi connectivity index (χ1v) is 6.85. The van der Waals surface area contributed by atoms with E-state index >= 15 is 0 Å². The molecule has 1 aliphatic rings. The van der Waals surface area contributed by atoms with E-state index < -0.39 is 6.10 Å². The number of β-amino-alcohol motifs (C(OH)–C–C–N with tert-alkyl or cyclic N) is 1. The third-order valence-corrected chi connectivity index (χ3v) is 3.87. The van der Waals surface area contributed by atoms with Crippen LogP contribution >= 0.6 is 23.2 Å². The van der Waals surface area contributed by atoms with Crippen LogP contribution in [0.2, 0.25) is 10.0 Å². The van der Waals surface area contributed by atoms with Gasteiger partial charge in [-0.3, -0.25) is 0 Å². The van der Waals surface area contributed by atoms with Gasteiger partial charge >= 0.3 is 0 Å². The summed E-state index contributed by atoms with van der Waals surface area (Å²) >= 11 is 11.9. The number of aliphatic hydroxyl groups is 2. The zero-order valence-corrected chi connectivity index (χ0v) is 11.5. The molecule has 1 aliphatic heterocycles. The quantitative estimate of drug-likeness (QED) is 0.899. The first-order valence-electron chi connectivity index (χ1n) is 6.09. The van der Waals surface area contributed by atoms with E-state index in [1.807, 2.05) is 0 Å². The molecule has 0 radical (unpaired) electrons. The van der Waals surface area contributed by atoms with E-state index in [1.165, 1.54) is 0 Å². The molecule has 5 heteroatoms. The van der Waals surface area contributed by atoms with Crippen molar-refractivity contribution < 1.29 is 10.2 Å². The van der Waals surface area contributed by atoms with Gasteiger partial charge in [-0.15, -0.1) is 0 Å². The molecule has 1 saturated heterocycles. The zero-order valence-electron chi connectivity index (χ0n) is 10.0. The molecular weight excluding hydrogens is 273 g/mol. The summed E-state index contributed by atoms with van der Waals surface area (Å²) in [6.07, 6.45) is 0.713. The maximum Gasteiger partial charge on any atom is 0.0931 e. The summed E-state index contributed by atoms with van der Waals surface area (Å²) in [6, 6.07) is 5.13. The molecular formula is C13H17Cl2NO2. The van der Waals surface area contributed by atoms with Crippen molar-refractivity contribution in [3.8, 4) is 0 Å². The van der Waals surface area contributed by atoms with E-state index in [-0.39, 0.29) is 6.10 Å². The Labute approximate surface area is 117 Å². The summed E-state index contributed by atoms with van der Waals surface area (Å²) < 4.78 is 0. The van der Waals surface area contributed by atoms with Crippen molar-refractivity contribution in [1.82, 2.24) is 4.90 Å². The topological polar surface area (TPSA) is 43.7 Å². The summed E-state index contributed by atoms with van der Waals surface area (Å²) in [6.45, 7) is 2.15. The van der Waals surface area contributed by atoms with Gasteiger partial charge in [-0.05, 0) is 25.0 Å². The summed E-state index contributed by atoms with van der Waals surface area (Å²) in [5, 5.41) is 20.7. The van der Waals surface area contributed by atoms with Gasteiger partial charge in [-0.1, -0.05) is 29.3 Å². The van der Waals surface area contributed by atoms with Gasteiger partial charge in [0.1, 0.15) is 0 Å². The second-order valence-corrected chi connectivity index (χ2v) is 5.56. The first-order chi connectivity index (χ1) is 8.56. The minimum atomic E-state index is -0.620. The van der Waals surface area contributed by atoms with Gasteiger partial charge in [0, 0.05) is 35.2 Å². The van der Waals surface area contributed by atoms with Crippen LogP contribution in [0.15, 0.2) is 18.2 Å². The lowest BCUT2D eigenvalue weighted by atomic mass is 10.1. The number of hydrogen-bond acceptors (Lipinski definition) is 3. The van der Waals surface area contributed by atoms with Crippen LogP contribution in [0.1, 0.15) is 24.5 Å². The minimum Gasteiger partial charge on any atom is -0.393 e. The van der Waals surface area contributed by atoms with Crippen molar-refractivity contribution in [3.63, 3.8) is 0 Å². The van der Waals surface area contributed by atoms with Crippen molar-refractivity contribution in [2.45, 2.75) is 25.0 Å². The highest BCUT2D eigenvalue weighted by Crippen LogP contribution is 2.27. The molecule has 1 atom stereocenters. The molecule has 1 unspecified atom stereocenters. The lowest BCUT2D eigenvalue weighted by molar-refractivity contribution is 0.0508. The largest absolute Gasteiger partial charge is 0.393 e. The monoisotopic (exact) mass is 289 g/mol.